The minimum Gasteiger partial charge on any atom is -0.404 e. The molecule has 1 N–H and O–H groups in total. The Bertz CT molecular complexity index is 1860. The van der Waals surface area contributed by atoms with Gasteiger partial charge in [0.1, 0.15) is 6.10 Å². The number of ether oxygens (including phenoxy) is 1. The van der Waals surface area contributed by atoms with Gasteiger partial charge in [-0.3, -0.25) is 0 Å². The number of aliphatic hydroxyl groups is 1. The molecule has 58 heavy (non-hydrogen) atoms. The maximum Gasteiger partial charge on any atom is 0.261 e. The Labute approximate surface area is 353 Å². The van der Waals surface area contributed by atoms with E-state index in [0.29, 0.717) is 13.2 Å². The van der Waals surface area contributed by atoms with E-state index >= 15 is 0 Å². The summed E-state index contributed by atoms with van der Waals surface area (Å²) in [5, 5.41) is 15.7. The van der Waals surface area contributed by atoms with Crippen LogP contribution in [0.2, 0.25) is 10.1 Å². The summed E-state index contributed by atoms with van der Waals surface area (Å²) in [5.74, 6) is 6.54. The fourth-order valence-electron chi connectivity index (χ4n) is 8.90. The van der Waals surface area contributed by atoms with Gasteiger partial charge in [-0.2, -0.15) is 0 Å². The van der Waals surface area contributed by atoms with E-state index in [1.54, 1.807) is 0 Å². The lowest BCUT2D eigenvalue weighted by Gasteiger charge is -2.48. The van der Waals surface area contributed by atoms with Crippen LogP contribution in [0, 0.1) is 23.7 Å². The predicted octanol–water partition coefficient (Wildman–Crippen LogP) is 9.83. The molecule has 4 nitrogen and oxygen atoms in total. The van der Waals surface area contributed by atoms with Gasteiger partial charge in [0.2, 0.25) is 0 Å². The average Bonchev–Trinajstić information content (AvgIpc) is 3.35. The van der Waals surface area contributed by atoms with Gasteiger partial charge in [0.25, 0.3) is 16.6 Å². The summed E-state index contributed by atoms with van der Waals surface area (Å²) in [6, 6.07) is 43.6. The Morgan fingerprint density at radius 1 is 0.724 bits per heavy atom. The summed E-state index contributed by atoms with van der Waals surface area (Å²) in [4.78, 5) is 0. The lowest BCUT2D eigenvalue weighted by Crippen LogP contribution is -2.69. The third-order valence-corrected chi connectivity index (χ3v) is 22.3. The Kier molecular flexibility index (Phi) is 15.4. The number of benzene rings is 4. The highest BCUT2D eigenvalue weighted by Gasteiger charge is 2.54. The van der Waals surface area contributed by atoms with Crippen LogP contribution >= 0.6 is 0 Å². The van der Waals surface area contributed by atoms with E-state index in [9.17, 15) is 5.11 Å². The van der Waals surface area contributed by atoms with Crippen LogP contribution in [0.3, 0.4) is 0 Å². The normalized spacial score (nSPS) is 19.9. The van der Waals surface area contributed by atoms with Gasteiger partial charge in [0.15, 0.2) is 0 Å². The van der Waals surface area contributed by atoms with E-state index in [-0.39, 0.29) is 28.0 Å². The van der Waals surface area contributed by atoms with Crippen LogP contribution in [0.15, 0.2) is 133 Å². The van der Waals surface area contributed by atoms with E-state index < -0.39 is 28.3 Å². The van der Waals surface area contributed by atoms with Gasteiger partial charge in [-0.05, 0) is 74.9 Å². The summed E-state index contributed by atoms with van der Waals surface area (Å²) >= 11 is 0. The van der Waals surface area contributed by atoms with Crippen LogP contribution in [0.4, 0.5) is 0 Å². The SMILES string of the molecule is CC(C)C#CC(O)C(C)CCC[C@]1(C)OCC(=CCO[Si](c2ccccc2)(c2ccccc2)C(C)(C)C)CC[C@H]1O[Si](c1ccccc1)(c1ccccc1)C(C)(C)C. The highest BCUT2D eigenvalue weighted by Crippen LogP contribution is 2.43. The van der Waals surface area contributed by atoms with E-state index in [1.165, 1.54) is 26.3 Å². The molecule has 6 heteroatoms. The number of rotatable bonds is 14. The van der Waals surface area contributed by atoms with E-state index in [2.05, 4.69) is 208 Å². The Hall–Kier alpha value is -3.55. The zero-order valence-electron chi connectivity index (χ0n) is 37.1. The lowest BCUT2D eigenvalue weighted by molar-refractivity contribution is -0.0981. The quantitative estimate of drug-likeness (QED) is 0.0783. The molecule has 310 valence electrons. The van der Waals surface area contributed by atoms with Gasteiger partial charge < -0.3 is 18.7 Å². The highest BCUT2D eigenvalue weighted by atomic mass is 28.4. The van der Waals surface area contributed by atoms with E-state index in [4.69, 9.17) is 13.6 Å². The molecule has 2 unspecified atom stereocenters. The molecule has 1 aliphatic rings. The van der Waals surface area contributed by atoms with Crippen molar-refractivity contribution in [3.8, 4) is 11.8 Å². The fourth-order valence-corrected chi connectivity index (χ4v) is 18.2. The average molecular weight is 815 g/mol. The van der Waals surface area contributed by atoms with Crippen LogP contribution < -0.4 is 20.7 Å². The highest BCUT2D eigenvalue weighted by molar-refractivity contribution is 7.00. The van der Waals surface area contributed by atoms with Crippen LogP contribution in [-0.2, 0) is 13.6 Å². The second kappa shape index (κ2) is 19.7. The lowest BCUT2D eigenvalue weighted by atomic mass is 9.87. The number of aliphatic hydroxyl groups excluding tert-OH is 1. The van der Waals surface area contributed by atoms with Crippen molar-refractivity contribution in [2.75, 3.05) is 13.2 Å². The van der Waals surface area contributed by atoms with Gasteiger partial charge in [0, 0.05) is 5.92 Å². The van der Waals surface area contributed by atoms with Gasteiger partial charge >= 0.3 is 0 Å². The maximum absolute atomic E-state index is 10.9. The largest absolute Gasteiger partial charge is 0.404 e. The summed E-state index contributed by atoms with van der Waals surface area (Å²) < 4.78 is 22.4. The van der Waals surface area contributed by atoms with Crippen molar-refractivity contribution in [3.05, 3.63) is 133 Å². The van der Waals surface area contributed by atoms with Crippen LogP contribution in [-0.4, -0.2) is 52.8 Å². The smallest absolute Gasteiger partial charge is 0.261 e. The summed E-state index contributed by atoms with van der Waals surface area (Å²) in [6.45, 7) is 23.6. The molecule has 0 saturated carbocycles. The van der Waals surface area contributed by atoms with Crippen molar-refractivity contribution in [2.45, 2.75) is 129 Å². The number of hydrogen-bond donors (Lipinski definition) is 1. The third-order valence-electron chi connectivity index (χ3n) is 12.2. The van der Waals surface area contributed by atoms with Crippen molar-refractivity contribution in [2.24, 2.45) is 11.8 Å². The molecule has 0 radical (unpaired) electrons. The first kappa shape index (κ1) is 45.5. The number of hydrogen-bond acceptors (Lipinski definition) is 4. The van der Waals surface area contributed by atoms with Gasteiger partial charge in [-0.1, -0.05) is 208 Å². The van der Waals surface area contributed by atoms with Crippen molar-refractivity contribution < 1.29 is 18.7 Å². The van der Waals surface area contributed by atoms with Crippen molar-refractivity contribution in [1.29, 1.82) is 0 Å². The molecule has 0 aromatic heterocycles. The molecule has 0 spiro atoms. The topological polar surface area (TPSA) is 47.9 Å². The van der Waals surface area contributed by atoms with Crippen LogP contribution in [0.25, 0.3) is 0 Å². The van der Waals surface area contributed by atoms with E-state index in [0.717, 1.165) is 32.1 Å². The van der Waals surface area contributed by atoms with Gasteiger partial charge in [-0.15, -0.1) is 0 Å². The molecule has 4 atom stereocenters. The molecule has 0 bridgehead atoms. The first-order valence-electron chi connectivity index (χ1n) is 21.6. The standard InChI is InChI=1S/C52H70O4Si2/c1-41(2)33-35-48(53)42(3)24-23-38-52(10)49(56-58(51(7,8)9,46-29-19-13-20-30-46)47-31-21-14-22-32-47)36-34-43(40-54-52)37-39-55-57(50(4,5)6,44-25-15-11-16-26-44)45-27-17-12-18-28-45/h11-22,25-32,37,41-42,48-49,53H,23-24,34,36,38-40H2,1-10H3/t42?,48?,49-,52+/m1/s1. The molecule has 1 heterocycles. The minimum absolute atomic E-state index is 0.0609. The van der Waals surface area contributed by atoms with E-state index in [1.807, 2.05) is 0 Å². The van der Waals surface area contributed by atoms with Crippen LogP contribution in [0.1, 0.15) is 101 Å². The Morgan fingerprint density at radius 2 is 1.17 bits per heavy atom. The summed E-state index contributed by atoms with van der Waals surface area (Å²) in [5.41, 5.74) is 0.695. The minimum atomic E-state index is -2.89. The van der Waals surface area contributed by atoms with Crippen LogP contribution in [0.5, 0.6) is 0 Å². The molecule has 1 fully saturated rings. The monoisotopic (exact) mass is 814 g/mol. The Balaban J connectivity index is 1.50. The van der Waals surface area contributed by atoms with Gasteiger partial charge in [-0.25, -0.2) is 0 Å². The first-order chi connectivity index (χ1) is 27.5. The Morgan fingerprint density at radius 3 is 1.60 bits per heavy atom. The summed E-state index contributed by atoms with van der Waals surface area (Å²) in [6.07, 6.45) is 5.77. The maximum atomic E-state index is 10.9. The molecule has 0 amide bonds. The third kappa shape index (κ3) is 10.4. The molecule has 5 rings (SSSR count). The first-order valence-corrected chi connectivity index (χ1v) is 25.4. The molecule has 4 aromatic carbocycles. The zero-order valence-corrected chi connectivity index (χ0v) is 39.1. The molecular formula is C52H70O4Si2. The van der Waals surface area contributed by atoms with Crippen molar-refractivity contribution in [1.82, 2.24) is 0 Å². The zero-order chi connectivity index (χ0) is 42.0. The predicted molar refractivity (Wildman–Crippen MR) is 249 cm³/mol. The second-order valence-corrected chi connectivity index (χ2v) is 27.6. The molecular weight excluding hydrogens is 745 g/mol. The summed E-state index contributed by atoms with van der Waals surface area (Å²) in [7, 11) is -5.59. The molecule has 1 saturated heterocycles. The molecule has 4 aromatic rings. The second-order valence-electron chi connectivity index (χ2n) is 19.0. The molecule has 0 aliphatic carbocycles. The van der Waals surface area contributed by atoms with Crippen molar-refractivity contribution >= 4 is 37.4 Å². The fraction of sp³-hybridized carbons (Fsp3) is 0.462. The molecule has 1 aliphatic heterocycles. The van der Waals surface area contributed by atoms with Gasteiger partial charge in [0.05, 0.1) is 24.9 Å². The van der Waals surface area contributed by atoms with Crippen molar-refractivity contribution in [3.63, 3.8) is 0 Å².